The van der Waals surface area contributed by atoms with Crippen molar-refractivity contribution in [3.63, 3.8) is 0 Å². The van der Waals surface area contributed by atoms with Gasteiger partial charge in [0.25, 0.3) is 5.91 Å². The zero-order valence-corrected chi connectivity index (χ0v) is 18.5. The molecule has 2 aromatic carbocycles. The molecule has 0 fully saturated rings. The number of carbonyl (C=O) groups is 2. The first-order valence-corrected chi connectivity index (χ1v) is 10.6. The number of aromatic nitrogens is 2. The van der Waals surface area contributed by atoms with Crippen LogP contribution in [0.5, 0.6) is 0 Å². The van der Waals surface area contributed by atoms with Gasteiger partial charge in [0.15, 0.2) is 0 Å². The molecule has 0 saturated heterocycles. The van der Waals surface area contributed by atoms with Gasteiger partial charge in [-0.05, 0) is 30.0 Å². The van der Waals surface area contributed by atoms with Crippen LogP contribution >= 0.6 is 11.3 Å². The molecule has 0 aliphatic heterocycles. The van der Waals surface area contributed by atoms with E-state index in [0.717, 1.165) is 10.6 Å². The molecule has 6 nitrogen and oxygen atoms in total. The predicted molar refractivity (Wildman–Crippen MR) is 121 cm³/mol. The van der Waals surface area contributed by atoms with Crippen molar-refractivity contribution in [3.8, 4) is 10.6 Å². The van der Waals surface area contributed by atoms with Crippen LogP contribution in [0.25, 0.3) is 10.6 Å². The Labute approximate surface area is 180 Å². The third kappa shape index (κ3) is 5.73. The van der Waals surface area contributed by atoms with E-state index >= 15 is 0 Å². The second kappa shape index (κ2) is 9.17. The first-order chi connectivity index (χ1) is 14.2. The third-order valence-corrected chi connectivity index (χ3v) is 5.51. The van der Waals surface area contributed by atoms with Crippen molar-refractivity contribution in [3.05, 3.63) is 65.2 Å². The average molecular weight is 423 g/mol. The molecular formula is C23H26N4O2S. The highest BCUT2D eigenvalue weighted by molar-refractivity contribution is 7.18. The maximum absolute atomic E-state index is 12.3. The number of aryl methyl sites for hydroxylation is 1. The number of carbonyl (C=O) groups excluding carboxylic acids is 2. The zero-order valence-electron chi connectivity index (χ0n) is 17.7. The van der Waals surface area contributed by atoms with E-state index in [1.807, 2.05) is 55.5 Å². The number of nitrogens with zero attached hydrogens (tertiary/aromatic N) is 2. The minimum absolute atomic E-state index is 0.0388. The van der Waals surface area contributed by atoms with Gasteiger partial charge >= 0.3 is 0 Å². The molecule has 7 heteroatoms. The number of hydrogen-bond donors (Lipinski definition) is 2. The van der Waals surface area contributed by atoms with Gasteiger partial charge in [-0.2, -0.15) is 0 Å². The fourth-order valence-electron chi connectivity index (χ4n) is 2.78. The van der Waals surface area contributed by atoms with Gasteiger partial charge in [-0.1, -0.05) is 74.1 Å². The molecule has 1 heterocycles. The highest BCUT2D eigenvalue weighted by Crippen LogP contribution is 2.26. The topological polar surface area (TPSA) is 84.0 Å². The molecule has 0 unspecified atom stereocenters. The summed E-state index contributed by atoms with van der Waals surface area (Å²) in [6.07, 6.45) is 0.158. The lowest BCUT2D eigenvalue weighted by molar-refractivity contribution is -0.116. The highest BCUT2D eigenvalue weighted by atomic mass is 32.1. The lowest BCUT2D eigenvalue weighted by Crippen LogP contribution is -2.27. The lowest BCUT2D eigenvalue weighted by Gasteiger charge is -2.19. The molecule has 3 aromatic rings. The predicted octanol–water partition coefficient (Wildman–Crippen LogP) is 4.57. The Kier molecular flexibility index (Phi) is 6.62. The number of amides is 2. The number of hydrogen-bond acceptors (Lipinski definition) is 5. The molecule has 1 aromatic heterocycles. The van der Waals surface area contributed by atoms with Crippen LogP contribution in [-0.4, -0.2) is 28.6 Å². The fourth-order valence-corrected chi connectivity index (χ4v) is 3.55. The molecule has 0 aliphatic rings. The second-order valence-corrected chi connectivity index (χ2v) is 9.14. The molecule has 2 amide bonds. The average Bonchev–Trinajstić information content (AvgIpc) is 3.16. The molecule has 0 spiro atoms. The molecule has 0 bridgehead atoms. The Bertz CT molecular complexity index is 1020. The Balaban J connectivity index is 1.47. The van der Waals surface area contributed by atoms with Crippen molar-refractivity contribution < 1.29 is 9.59 Å². The van der Waals surface area contributed by atoms with Crippen molar-refractivity contribution in [1.29, 1.82) is 0 Å². The molecule has 0 saturated carbocycles. The monoisotopic (exact) mass is 422 g/mol. The second-order valence-electron chi connectivity index (χ2n) is 8.16. The van der Waals surface area contributed by atoms with E-state index in [-0.39, 0.29) is 30.2 Å². The smallest absolute Gasteiger partial charge is 0.251 e. The minimum Gasteiger partial charge on any atom is -0.352 e. The van der Waals surface area contributed by atoms with Crippen molar-refractivity contribution >= 4 is 28.3 Å². The summed E-state index contributed by atoms with van der Waals surface area (Å²) in [5.41, 5.74) is 3.92. The third-order valence-electron chi connectivity index (χ3n) is 4.62. The number of rotatable bonds is 6. The largest absolute Gasteiger partial charge is 0.352 e. The van der Waals surface area contributed by atoms with Crippen molar-refractivity contribution in [2.75, 3.05) is 11.9 Å². The van der Waals surface area contributed by atoms with Gasteiger partial charge < -0.3 is 10.6 Å². The van der Waals surface area contributed by atoms with Crippen LogP contribution in [0.3, 0.4) is 0 Å². The number of nitrogens with one attached hydrogen (secondary N) is 2. The van der Waals surface area contributed by atoms with Crippen molar-refractivity contribution in [1.82, 2.24) is 15.5 Å². The zero-order chi connectivity index (χ0) is 21.7. The van der Waals surface area contributed by atoms with Crippen molar-refractivity contribution in [2.24, 2.45) is 0 Å². The van der Waals surface area contributed by atoms with Crippen LogP contribution in [0, 0.1) is 6.92 Å². The van der Waals surface area contributed by atoms with E-state index in [1.54, 1.807) is 0 Å². The van der Waals surface area contributed by atoms with Gasteiger partial charge in [0.1, 0.15) is 5.01 Å². The fraction of sp³-hybridized carbons (Fsp3) is 0.304. The summed E-state index contributed by atoms with van der Waals surface area (Å²) in [5, 5.41) is 14.9. The van der Waals surface area contributed by atoms with Crippen LogP contribution in [0.1, 0.15) is 48.7 Å². The molecule has 2 N–H and O–H groups in total. The summed E-state index contributed by atoms with van der Waals surface area (Å²) in [6, 6.07) is 15.5. The van der Waals surface area contributed by atoms with E-state index < -0.39 is 0 Å². The van der Waals surface area contributed by atoms with E-state index in [4.69, 9.17) is 0 Å². The normalized spacial score (nSPS) is 11.2. The van der Waals surface area contributed by atoms with Gasteiger partial charge in [-0.15, -0.1) is 10.2 Å². The number of anilines is 1. The summed E-state index contributed by atoms with van der Waals surface area (Å²) in [6.45, 7) is 8.65. The van der Waals surface area contributed by atoms with Crippen LogP contribution in [0.15, 0.2) is 48.5 Å². The van der Waals surface area contributed by atoms with E-state index in [9.17, 15) is 9.59 Å². The molecular weight excluding hydrogens is 396 g/mol. The highest BCUT2D eigenvalue weighted by Gasteiger charge is 2.15. The molecule has 0 aliphatic carbocycles. The summed E-state index contributed by atoms with van der Waals surface area (Å²) < 4.78 is 0. The maximum Gasteiger partial charge on any atom is 0.251 e. The quantitative estimate of drug-likeness (QED) is 0.609. The first kappa shape index (κ1) is 21.6. The van der Waals surface area contributed by atoms with Crippen LogP contribution in [0.4, 0.5) is 5.13 Å². The first-order valence-electron chi connectivity index (χ1n) is 9.81. The van der Waals surface area contributed by atoms with Gasteiger partial charge in [-0.3, -0.25) is 9.59 Å². The summed E-state index contributed by atoms with van der Waals surface area (Å²) in [5.74, 6) is -0.411. The summed E-state index contributed by atoms with van der Waals surface area (Å²) in [4.78, 5) is 24.4. The van der Waals surface area contributed by atoms with Gasteiger partial charge in [0.2, 0.25) is 11.0 Å². The van der Waals surface area contributed by atoms with Gasteiger partial charge in [0.05, 0.1) is 0 Å². The van der Waals surface area contributed by atoms with Gasteiger partial charge in [-0.25, -0.2) is 0 Å². The van der Waals surface area contributed by atoms with E-state index in [2.05, 4.69) is 41.6 Å². The summed E-state index contributed by atoms with van der Waals surface area (Å²) >= 11 is 1.32. The molecule has 0 radical (unpaired) electrons. The standard InChI is InChI=1S/C23H26N4O2S/c1-15-5-7-17(8-6-15)21-26-27-22(30-21)25-19(28)13-14-24-20(29)16-9-11-18(12-10-16)23(2,3)4/h5-12H,13-14H2,1-4H3,(H,24,29)(H,25,27,28). The lowest BCUT2D eigenvalue weighted by atomic mass is 9.87. The van der Waals surface area contributed by atoms with E-state index in [1.165, 1.54) is 22.5 Å². The molecule has 156 valence electrons. The SMILES string of the molecule is Cc1ccc(-c2nnc(NC(=O)CCNC(=O)c3ccc(C(C)(C)C)cc3)s2)cc1. The minimum atomic E-state index is -0.218. The Morgan fingerprint density at radius 2 is 1.63 bits per heavy atom. The van der Waals surface area contributed by atoms with Crippen molar-refractivity contribution in [2.45, 2.75) is 39.5 Å². The van der Waals surface area contributed by atoms with Crippen LogP contribution in [-0.2, 0) is 10.2 Å². The van der Waals surface area contributed by atoms with Gasteiger partial charge in [0, 0.05) is 24.1 Å². The molecule has 0 atom stereocenters. The van der Waals surface area contributed by atoms with Crippen LogP contribution < -0.4 is 10.6 Å². The summed E-state index contributed by atoms with van der Waals surface area (Å²) in [7, 11) is 0. The van der Waals surface area contributed by atoms with Crippen LogP contribution in [0.2, 0.25) is 0 Å². The van der Waals surface area contributed by atoms with E-state index in [0.29, 0.717) is 10.7 Å². The molecule has 30 heavy (non-hydrogen) atoms. The maximum atomic E-state index is 12.3. The Morgan fingerprint density at radius 1 is 0.967 bits per heavy atom. The number of benzene rings is 2. The Hall–Kier alpha value is -3.06. The Morgan fingerprint density at radius 3 is 2.27 bits per heavy atom. The molecule has 3 rings (SSSR count).